The minimum Gasteiger partial charge on any atom is -0.396 e. The first-order valence-electron chi connectivity index (χ1n) is 6.23. The largest absolute Gasteiger partial charge is 0.396 e. The van der Waals surface area contributed by atoms with Crippen LogP contribution in [0.3, 0.4) is 0 Å². The van der Waals surface area contributed by atoms with Crippen LogP contribution in [0.1, 0.15) is 38.5 Å². The van der Waals surface area contributed by atoms with E-state index in [9.17, 15) is 9.90 Å². The number of ketones is 1. The molecule has 1 aliphatic heterocycles. The van der Waals surface area contributed by atoms with Gasteiger partial charge in [0, 0.05) is 31.8 Å². The average Bonchev–Trinajstić information content (AvgIpc) is 2.78. The van der Waals surface area contributed by atoms with E-state index in [1.165, 1.54) is 6.42 Å². The first-order chi connectivity index (χ1) is 7.74. The highest BCUT2D eigenvalue weighted by Crippen LogP contribution is 2.46. The first kappa shape index (κ1) is 10.7. The summed E-state index contributed by atoms with van der Waals surface area (Å²) in [5.41, 5.74) is 0. The molecule has 0 aromatic carbocycles. The van der Waals surface area contributed by atoms with E-state index < -0.39 is 11.9 Å². The fourth-order valence-electron chi connectivity index (χ4n) is 3.21. The van der Waals surface area contributed by atoms with Crippen molar-refractivity contribution in [2.75, 3.05) is 6.61 Å². The molecule has 0 bridgehead atoms. The summed E-state index contributed by atoms with van der Waals surface area (Å²) in [4.78, 5) is 11.7. The van der Waals surface area contributed by atoms with Crippen LogP contribution in [0.15, 0.2) is 0 Å². The molecule has 1 spiro atoms. The Hall–Kier alpha value is -0.450. The van der Waals surface area contributed by atoms with Crippen molar-refractivity contribution in [3.05, 3.63) is 0 Å². The lowest BCUT2D eigenvalue weighted by Gasteiger charge is -2.32. The summed E-state index contributed by atoms with van der Waals surface area (Å²) < 4.78 is 11.9. The molecule has 0 amide bonds. The summed E-state index contributed by atoms with van der Waals surface area (Å²) in [6.45, 7) is 0.0202. The van der Waals surface area contributed by atoms with E-state index in [4.69, 9.17) is 9.47 Å². The lowest BCUT2D eigenvalue weighted by molar-refractivity contribution is -0.202. The molecule has 90 valence electrons. The highest BCUT2D eigenvalue weighted by Gasteiger charge is 2.56. The molecule has 4 heteroatoms. The van der Waals surface area contributed by atoms with Gasteiger partial charge in [0.05, 0.1) is 6.10 Å². The predicted octanol–water partition coefficient (Wildman–Crippen LogP) is 1.01. The van der Waals surface area contributed by atoms with Crippen molar-refractivity contribution in [3.63, 3.8) is 0 Å². The van der Waals surface area contributed by atoms with Gasteiger partial charge in [0.2, 0.25) is 0 Å². The minimum absolute atomic E-state index is 0.0202. The maximum atomic E-state index is 11.7. The first-order valence-corrected chi connectivity index (χ1v) is 6.23. The van der Waals surface area contributed by atoms with Gasteiger partial charge in [-0.25, -0.2) is 0 Å². The van der Waals surface area contributed by atoms with Crippen molar-refractivity contribution in [3.8, 4) is 0 Å². The third-order valence-electron chi connectivity index (χ3n) is 4.09. The van der Waals surface area contributed by atoms with Crippen LogP contribution in [0.5, 0.6) is 0 Å². The molecule has 3 aliphatic rings. The second kappa shape index (κ2) is 3.79. The van der Waals surface area contributed by atoms with Gasteiger partial charge in [-0.3, -0.25) is 4.79 Å². The van der Waals surface area contributed by atoms with Crippen LogP contribution >= 0.6 is 0 Å². The van der Waals surface area contributed by atoms with E-state index in [-0.39, 0.29) is 24.4 Å². The molecule has 3 fully saturated rings. The average molecular weight is 226 g/mol. The summed E-state index contributed by atoms with van der Waals surface area (Å²) in [5, 5.41) is 9.23. The molecule has 0 aromatic rings. The Balaban J connectivity index is 1.78. The third-order valence-corrected chi connectivity index (χ3v) is 4.09. The summed E-state index contributed by atoms with van der Waals surface area (Å²) in [6, 6.07) is 0. The van der Waals surface area contributed by atoms with Crippen LogP contribution in [0.2, 0.25) is 0 Å². The highest BCUT2D eigenvalue weighted by atomic mass is 16.8. The van der Waals surface area contributed by atoms with Gasteiger partial charge >= 0.3 is 0 Å². The normalized spacial score (nSPS) is 41.6. The molecular weight excluding hydrogens is 208 g/mol. The fraction of sp³-hybridized carbons (Fsp3) is 0.917. The van der Waals surface area contributed by atoms with Crippen LogP contribution in [0.25, 0.3) is 0 Å². The van der Waals surface area contributed by atoms with Gasteiger partial charge in [0.25, 0.3) is 0 Å². The van der Waals surface area contributed by atoms with E-state index in [0.717, 1.165) is 25.7 Å². The molecule has 1 saturated heterocycles. The van der Waals surface area contributed by atoms with Gasteiger partial charge in [-0.2, -0.15) is 0 Å². The molecule has 0 aromatic heterocycles. The lowest BCUT2D eigenvalue weighted by atomic mass is 9.94. The molecule has 1 N–H and O–H groups in total. The SMILES string of the molecule is O=C1C[C@H](CO)[C@H]2OC3(CCCCC3)O[C@@H]12. The van der Waals surface area contributed by atoms with Crippen molar-refractivity contribution in [1.29, 1.82) is 0 Å². The molecule has 1 heterocycles. The minimum atomic E-state index is -0.503. The molecule has 2 aliphatic carbocycles. The van der Waals surface area contributed by atoms with Gasteiger partial charge in [0.1, 0.15) is 6.10 Å². The summed E-state index contributed by atoms with van der Waals surface area (Å²) in [5.74, 6) is -0.456. The summed E-state index contributed by atoms with van der Waals surface area (Å²) in [7, 11) is 0. The zero-order valence-electron chi connectivity index (χ0n) is 9.35. The highest BCUT2D eigenvalue weighted by molar-refractivity contribution is 5.87. The van der Waals surface area contributed by atoms with Crippen LogP contribution in [-0.4, -0.2) is 35.5 Å². The second-order valence-electron chi connectivity index (χ2n) is 5.21. The summed E-state index contributed by atoms with van der Waals surface area (Å²) in [6.07, 6.45) is 5.03. The zero-order chi connectivity index (χ0) is 11.2. The van der Waals surface area contributed by atoms with E-state index >= 15 is 0 Å². The molecule has 16 heavy (non-hydrogen) atoms. The van der Waals surface area contributed by atoms with Crippen molar-refractivity contribution < 1.29 is 19.4 Å². The Bertz CT molecular complexity index is 295. The number of aliphatic hydroxyl groups excluding tert-OH is 1. The van der Waals surface area contributed by atoms with Gasteiger partial charge < -0.3 is 14.6 Å². The fourth-order valence-corrected chi connectivity index (χ4v) is 3.21. The molecule has 4 nitrogen and oxygen atoms in total. The second-order valence-corrected chi connectivity index (χ2v) is 5.21. The smallest absolute Gasteiger partial charge is 0.169 e. The zero-order valence-corrected chi connectivity index (χ0v) is 9.35. The molecule has 0 radical (unpaired) electrons. The predicted molar refractivity (Wildman–Crippen MR) is 55.8 cm³/mol. The van der Waals surface area contributed by atoms with Crippen LogP contribution in [-0.2, 0) is 14.3 Å². The van der Waals surface area contributed by atoms with Crippen molar-refractivity contribution in [2.45, 2.75) is 56.5 Å². The number of carbonyl (C=O) groups is 1. The number of rotatable bonds is 1. The number of ether oxygens (including phenoxy) is 2. The number of hydrogen-bond acceptors (Lipinski definition) is 4. The van der Waals surface area contributed by atoms with Crippen molar-refractivity contribution >= 4 is 5.78 Å². The monoisotopic (exact) mass is 226 g/mol. The van der Waals surface area contributed by atoms with Crippen molar-refractivity contribution in [1.82, 2.24) is 0 Å². The van der Waals surface area contributed by atoms with Crippen LogP contribution in [0.4, 0.5) is 0 Å². The number of aliphatic hydroxyl groups is 1. The Labute approximate surface area is 94.9 Å². The van der Waals surface area contributed by atoms with Gasteiger partial charge in [-0.1, -0.05) is 6.42 Å². The number of fused-ring (bicyclic) bond motifs is 1. The molecule has 0 unspecified atom stereocenters. The van der Waals surface area contributed by atoms with Crippen molar-refractivity contribution in [2.24, 2.45) is 5.92 Å². The van der Waals surface area contributed by atoms with E-state index in [1.54, 1.807) is 0 Å². The number of Topliss-reactive ketones (excluding diaryl/α,β-unsaturated/α-hetero) is 1. The van der Waals surface area contributed by atoms with E-state index in [2.05, 4.69) is 0 Å². The Morgan fingerprint density at radius 3 is 2.69 bits per heavy atom. The van der Waals surface area contributed by atoms with E-state index in [0.29, 0.717) is 6.42 Å². The molecular formula is C12H18O4. The summed E-state index contributed by atoms with van der Waals surface area (Å²) >= 11 is 0. The molecule has 3 rings (SSSR count). The number of carbonyl (C=O) groups excluding carboxylic acids is 1. The van der Waals surface area contributed by atoms with Crippen LogP contribution in [0, 0.1) is 5.92 Å². The Morgan fingerprint density at radius 1 is 1.25 bits per heavy atom. The number of hydrogen-bond donors (Lipinski definition) is 1. The molecule has 2 saturated carbocycles. The Kier molecular flexibility index (Phi) is 2.53. The van der Waals surface area contributed by atoms with Gasteiger partial charge in [-0.15, -0.1) is 0 Å². The van der Waals surface area contributed by atoms with Gasteiger partial charge in [-0.05, 0) is 12.8 Å². The van der Waals surface area contributed by atoms with E-state index in [1.807, 2.05) is 0 Å². The third kappa shape index (κ3) is 1.51. The van der Waals surface area contributed by atoms with Crippen LogP contribution < -0.4 is 0 Å². The Morgan fingerprint density at radius 2 is 2.00 bits per heavy atom. The maximum Gasteiger partial charge on any atom is 0.169 e. The molecule has 3 atom stereocenters. The maximum absolute atomic E-state index is 11.7. The topological polar surface area (TPSA) is 55.8 Å². The lowest BCUT2D eigenvalue weighted by Crippen LogP contribution is -2.35. The quantitative estimate of drug-likeness (QED) is 0.725. The van der Waals surface area contributed by atoms with Gasteiger partial charge in [0.15, 0.2) is 11.6 Å². The standard InChI is InChI=1S/C12H18O4/c13-7-8-6-9(14)11-10(8)15-12(16-11)4-2-1-3-5-12/h8,10-11,13H,1-7H2/t8-,10-,11+/m1/s1.